The minimum absolute atomic E-state index is 0.0596. The number of hydrogen-bond acceptors (Lipinski definition) is 3. The highest BCUT2D eigenvalue weighted by Crippen LogP contribution is 2.31. The van der Waals surface area contributed by atoms with Gasteiger partial charge >= 0.3 is 0 Å². The van der Waals surface area contributed by atoms with Crippen LogP contribution in [0.3, 0.4) is 0 Å². The molecule has 2 N–H and O–H groups in total. The van der Waals surface area contributed by atoms with Crippen LogP contribution in [-0.2, 0) is 10.4 Å². The third-order valence-electron chi connectivity index (χ3n) is 4.10. The second-order valence-electron chi connectivity index (χ2n) is 8.27. The Morgan fingerprint density at radius 2 is 1.92 bits per heavy atom. The molecule has 3 rings (SSSR count). The first-order valence-electron chi connectivity index (χ1n) is 8.48. The van der Waals surface area contributed by atoms with Crippen molar-refractivity contribution in [1.29, 1.82) is 0 Å². The fourth-order valence-electron chi connectivity index (χ4n) is 2.78. The van der Waals surface area contributed by atoms with E-state index in [-0.39, 0.29) is 11.3 Å². The van der Waals surface area contributed by atoms with Gasteiger partial charge in [0.15, 0.2) is 0 Å². The number of rotatable bonds is 4. The summed E-state index contributed by atoms with van der Waals surface area (Å²) >= 11 is 0. The molecular weight excluding hydrogens is 314 g/mol. The zero-order valence-electron chi connectivity index (χ0n) is 15.4. The molecule has 25 heavy (non-hydrogen) atoms. The smallest absolute Gasteiger partial charge is 0.227 e. The average Bonchev–Trinajstić information content (AvgIpc) is 2.71. The highest BCUT2D eigenvalue weighted by atomic mass is 16.3. The number of anilines is 1. The molecule has 0 fully saturated rings. The molecule has 1 aromatic carbocycles. The van der Waals surface area contributed by atoms with E-state index in [1.807, 2.05) is 61.8 Å². The fourth-order valence-corrected chi connectivity index (χ4v) is 2.78. The van der Waals surface area contributed by atoms with Crippen molar-refractivity contribution in [3.63, 3.8) is 0 Å². The summed E-state index contributed by atoms with van der Waals surface area (Å²) < 4.78 is 1.92. The van der Waals surface area contributed by atoms with E-state index in [2.05, 4.69) is 10.3 Å². The monoisotopic (exact) mass is 339 g/mol. The van der Waals surface area contributed by atoms with Crippen LogP contribution in [0, 0.1) is 5.41 Å². The summed E-state index contributed by atoms with van der Waals surface area (Å²) in [6, 6.07) is 5.67. The Kier molecular flexibility index (Phi) is 4.07. The zero-order valence-corrected chi connectivity index (χ0v) is 15.4. The van der Waals surface area contributed by atoms with Crippen LogP contribution < -0.4 is 5.32 Å². The number of nitrogens with zero attached hydrogens (tertiary/aromatic N) is 2. The van der Waals surface area contributed by atoms with E-state index in [1.54, 1.807) is 13.8 Å². The lowest BCUT2D eigenvalue weighted by Gasteiger charge is -2.19. The maximum Gasteiger partial charge on any atom is 0.227 e. The third-order valence-corrected chi connectivity index (χ3v) is 4.10. The molecule has 0 bridgehead atoms. The van der Waals surface area contributed by atoms with E-state index >= 15 is 0 Å². The Balaban J connectivity index is 2.05. The first-order chi connectivity index (χ1) is 11.5. The molecule has 1 aromatic heterocycles. The summed E-state index contributed by atoms with van der Waals surface area (Å²) in [6.45, 7) is 9.60. The number of nitrogens with one attached hydrogen (secondary N) is 1. The molecule has 132 valence electrons. The van der Waals surface area contributed by atoms with E-state index in [4.69, 9.17) is 0 Å². The minimum Gasteiger partial charge on any atom is -0.386 e. The molecular formula is C20H25N3O2. The molecule has 0 saturated heterocycles. The number of benzene rings is 1. The second-order valence-corrected chi connectivity index (χ2v) is 8.27. The first kappa shape index (κ1) is 17.4. The average molecular weight is 339 g/mol. The summed E-state index contributed by atoms with van der Waals surface area (Å²) in [6.07, 6.45) is 6.30. The molecule has 1 amide bonds. The van der Waals surface area contributed by atoms with Crippen molar-refractivity contribution in [2.75, 3.05) is 5.32 Å². The topological polar surface area (TPSA) is 67.2 Å². The van der Waals surface area contributed by atoms with Crippen LogP contribution in [0.5, 0.6) is 0 Å². The third kappa shape index (κ3) is 3.66. The van der Waals surface area contributed by atoms with E-state index < -0.39 is 5.60 Å². The summed E-state index contributed by atoms with van der Waals surface area (Å²) in [5.41, 5.74) is 2.37. The van der Waals surface area contributed by atoms with Crippen LogP contribution >= 0.6 is 0 Å². The molecule has 5 heteroatoms. The fraction of sp³-hybridized carbons (Fsp3) is 0.400. The molecule has 1 aliphatic rings. The predicted molar refractivity (Wildman–Crippen MR) is 101 cm³/mol. The van der Waals surface area contributed by atoms with E-state index in [0.717, 1.165) is 22.3 Å². The highest BCUT2D eigenvalue weighted by molar-refractivity contribution is 5.94. The Labute approximate surface area is 148 Å². The van der Waals surface area contributed by atoms with Gasteiger partial charge in [0.1, 0.15) is 0 Å². The Bertz CT molecular complexity index is 890. The molecule has 1 heterocycles. The lowest BCUT2D eigenvalue weighted by Crippen LogP contribution is -2.21. The Hall–Kier alpha value is -2.40. The van der Waals surface area contributed by atoms with Crippen molar-refractivity contribution >= 4 is 28.6 Å². The van der Waals surface area contributed by atoms with Gasteiger partial charge in [-0.25, -0.2) is 4.98 Å². The first-order valence-corrected chi connectivity index (χ1v) is 8.48. The van der Waals surface area contributed by atoms with Gasteiger partial charge in [0.2, 0.25) is 11.9 Å². The van der Waals surface area contributed by atoms with Gasteiger partial charge in [-0.2, -0.15) is 0 Å². The molecule has 0 unspecified atom stereocenters. The van der Waals surface area contributed by atoms with Crippen molar-refractivity contribution in [3.05, 3.63) is 42.0 Å². The van der Waals surface area contributed by atoms with Gasteiger partial charge in [-0.05, 0) is 49.1 Å². The van der Waals surface area contributed by atoms with Gasteiger partial charge in [0.25, 0.3) is 0 Å². The van der Waals surface area contributed by atoms with Gasteiger partial charge in [-0.15, -0.1) is 0 Å². The van der Waals surface area contributed by atoms with Gasteiger partial charge in [0, 0.05) is 12.1 Å². The standard InChI is InChI=1S/C20H25N3O2/c1-19(2,3)12-17(24)22-18-21-15-10-9-13(20(4,5)25)11-16(15)23(18)14-7-6-8-14/h6-11,25H,12H2,1-5H3,(H,21,22,24). The van der Waals surface area contributed by atoms with Crippen LogP contribution in [0.4, 0.5) is 5.95 Å². The van der Waals surface area contributed by atoms with Gasteiger partial charge in [-0.3, -0.25) is 14.7 Å². The molecule has 0 atom stereocenters. The van der Waals surface area contributed by atoms with Crippen LogP contribution in [0.15, 0.2) is 36.4 Å². The Morgan fingerprint density at radius 1 is 1.24 bits per heavy atom. The van der Waals surface area contributed by atoms with Crippen molar-refractivity contribution < 1.29 is 9.90 Å². The SMILES string of the molecule is CC(C)(C)CC(=O)Nc1nc2ccc(C(C)(C)O)cc2n1C1=CC=C1. The maximum atomic E-state index is 12.4. The normalized spacial score (nSPS) is 14.4. The lowest BCUT2D eigenvalue weighted by atomic mass is 9.92. The van der Waals surface area contributed by atoms with Crippen molar-refractivity contribution in [3.8, 4) is 0 Å². The molecule has 0 aliphatic heterocycles. The number of aromatic nitrogens is 2. The number of fused-ring (bicyclic) bond motifs is 1. The van der Waals surface area contributed by atoms with Crippen molar-refractivity contribution in [2.45, 2.75) is 46.6 Å². The molecule has 0 saturated carbocycles. The molecule has 1 aliphatic carbocycles. The number of carbonyl (C=O) groups excluding carboxylic acids is 1. The number of aliphatic hydroxyl groups is 1. The van der Waals surface area contributed by atoms with Gasteiger partial charge in [0.05, 0.1) is 16.6 Å². The van der Waals surface area contributed by atoms with E-state index in [9.17, 15) is 9.90 Å². The maximum absolute atomic E-state index is 12.4. The van der Waals surface area contributed by atoms with Gasteiger partial charge in [-0.1, -0.05) is 32.9 Å². The number of imidazole rings is 1. The molecule has 5 nitrogen and oxygen atoms in total. The van der Waals surface area contributed by atoms with Crippen molar-refractivity contribution in [1.82, 2.24) is 9.55 Å². The van der Waals surface area contributed by atoms with E-state index in [1.165, 1.54) is 0 Å². The highest BCUT2D eigenvalue weighted by Gasteiger charge is 2.22. The summed E-state index contributed by atoms with van der Waals surface area (Å²) in [5.74, 6) is 0.448. The Morgan fingerprint density at radius 3 is 2.44 bits per heavy atom. The predicted octanol–water partition coefficient (Wildman–Crippen LogP) is 4.05. The van der Waals surface area contributed by atoms with E-state index in [0.29, 0.717) is 12.4 Å². The van der Waals surface area contributed by atoms with Crippen LogP contribution in [0.1, 0.15) is 46.6 Å². The summed E-state index contributed by atoms with van der Waals surface area (Å²) in [7, 11) is 0. The zero-order chi connectivity index (χ0) is 18.4. The minimum atomic E-state index is -0.942. The molecule has 0 spiro atoms. The number of carbonyl (C=O) groups is 1. The number of amides is 1. The largest absolute Gasteiger partial charge is 0.386 e. The van der Waals surface area contributed by atoms with Gasteiger partial charge < -0.3 is 5.11 Å². The summed E-state index contributed by atoms with van der Waals surface area (Å²) in [5, 5.41) is 13.2. The molecule has 2 aromatic rings. The molecule has 0 radical (unpaired) electrons. The van der Waals surface area contributed by atoms with Crippen LogP contribution in [0.2, 0.25) is 0 Å². The van der Waals surface area contributed by atoms with Crippen LogP contribution in [-0.4, -0.2) is 20.6 Å². The van der Waals surface area contributed by atoms with Crippen LogP contribution in [0.25, 0.3) is 16.7 Å². The quantitative estimate of drug-likeness (QED) is 0.883. The summed E-state index contributed by atoms with van der Waals surface area (Å²) in [4.78, 5) is 17.0. The number of hydrogen-bond donors (Lipinski definition) is 2. The number of allylic oxidation sites excluding steroid dienone is 4. The van der Waals surface area contributed by atoms with Crippen molar-refractivity contribution in [2.24, 2.45) is 5.41 Å². The lowest BCUT2D eigenvalue weighted by molar-refractivity contribution is -0.117. The second kappa shape index (κ2) is 5.85.